The fourth-order valence-corrected chi connectivity index (χ4v) is 6.09. The third kappa shape index (κ3) is 1.89. The zero-order valence-electron chi connectivity index (χ0n) is 17.4. The highest BCUT2D eigenvalue weighted by molar-refractivity contribution is 6.35. The summed E-state index contributed by atoms with van der Waals surface area (Å²) in [5, 5.41) is 13.4. The van der Waals surface area contributed by atoms with Crippen molar-refractivity contribution >= 4 is 53.9 Å². The van der Waals surface area contributed by atoms with E-state index in [-0.39, 0.29) is 0 Å². The molecule has 0 spiro atoms. The van der Waals surface area contributed by atoms with E-state index in [1.54, 1.807) is 0 Å². The molecule has 1 aliphatic carbocycles. The molecular weight excluding hydrogens is 384 g/mol. The zero-order chi connectivity index (χ0) is 20.8. The molecule has 0 aliphatic heterocycles. The maximum Gasteiger partial charge on any atom is -0.00141 e. The van der Waals surface area contributed by atoms with E-state index in [2.05, 4.69) is 109 Å². The smallest absolute Gasteiger partial charge is 0.00141 e. The van der Waals surface area contributed by atoms with Crippen molar-refractivity contribution in [3.05, 3.63) is 109 Å². The Morgan fingerprint density at radius 2 is 0.875 bits per heavy atom. The Balaban J connectivity index is 1.71. The first kappa shape index (κ1) is 16.5. The highest BCUT2D eigenvalue weighted by atomic mass is 14.3. The second kappa shape index (κ2) is 5.75. The van der Waals surface area contributed by atoms with Crippen molar-refractivity contribution in [2.75, 3.05) is 0 Å². The molecule has 8 rings (SSSR count). The zero-order valence-corrected chi connectivity index (χ0v) is 17.4. The van der Waals surface area contributed by atoms with Crippen LogP contribution in [0.1, 0.15) is 0 Å². The van der Waals surface area contributed by atoms with Gasteiger partial charge in [0.15, 0.2) is 0 Å². The predicted octanol–water partition coefficient (Wildman–Crippen LogP) is 9.10. The lowest BCUT2D eigenvalue weighted by molar-refractivity contribution is 1.70. The van der Waals surface area contributed by atoms with Crippen LogP contribution in [0.3, 0.4) is 0 Å². The van der Waals surface area contributed by atoms with E-state index in [4.69, 9.17) is 0 Å². The van der Waals surface area contributed by atoms with Gasteiger partial charge in [-0.05, 0) is 82.2 Å². The molecule has 0 unspecified atom stereocenters. The summed E-state index contributed by atoms with van der Waals surface area (Å²) >= 11 is 0. The van der Waals surface area contributed by atoms with Gasteiger partial charge in [0.25, 0.3) is 0 Å². The van der Waals surface area contributed by atoms with Crippen molar-refractivity contribution in [3.8, 4) is 22.3 Å². The number of benzene rings is 7. The molecule has 146 valence electrons. The van der Waals surface area contributed by atoms with Crippen LogP contribution in [0.2, 0.25) is 0 Å². The van der Waals surface area contributed by atoms with Crippen LogP contribution < -0.4 is 0 Å². The Kier molecular flexibility index (Phi) is 2.97. The second-order valence-corrected chi connectivity index (χ2v) is 8.88. The summed E-state index contributed by atoms with van der Waals surface area (Å²) in [4.78, 5) is 0. The van der Waals surface area contributed by atoms with Crippen molar-refractivity contribution < 1.29 is 0 Å². The van der Waals surface area contributed by atoms with Crippen LogP contribution in [0.4, 0.5) is 0 Å². The molecule has 0 bridgehead atoms. The van der Waals surface area contributed by atoms with Gasteiger partial charge in [0.05, 0.1) is 0 Å². The molecule has 0 nitrogen and oxygen atoms in total. The van der Waals surface area contributed by atoms with Gasteiger partial charge < -0.3 is 0 Å². The highest BCUT2D eigenvalue weighted by Crippen LogP contribution is 2.51. The fraction of sp³-hybridized carbons (Fsp3) is 0. The molecule has 0 radical (unpaired) electrons. The standard InChI is InChI=1S/C32H18/c1-2-11-22-20(9-1)21-10-3-5-13-25(21)31-27(22)16-17-28-29(31)18-19-8-7-15-24-23-12-4-6-14-26(23)32(28)30(19)24/h1-18H. The van der Waals surface area contributed by atoms with Crippen LogP contribution in [-0.4, -0.2) is 0 Å². The summed E-state index contributed by atoms with van der Waals surface area (Å²) < 4.78 is 0. The van der Waals surface area contributed by atoms with Crippen LogP contribution in [0.15, 0.2) is 109 Å². The van der Waals surface area contributed by atoms with Gasteiger partial charge in [0, 0.05) is 0 Å². The minimum Gasteiger partial charge on any atom is -0.0616 e. The van der Waals surface area contributed by atoms with E-state index < -0.39 is 0 Å². The Morgan fingerprint density at radius 3 is 1.66 bits per heavy atom. The third-order valence-corrected chi connectivity index (χ3v) is 7.35. The predicted molar refractivity (Wildman–Crippen MR) is 138 cm³/mol. The van der Waals surface area contributed by atoms with E-state index in [0.717, 1.165) is 0 Å². The molecule has 0 saturated carbocycles. The topological polar surface area (TPSA) is 0 Å². The van der Waals surface area contributed by atoms with Crippen LogP contribution in [0, 0.1) is 0 Å². The number of hydrogen-bond donors (Lipinski definition) is 0. The van der Waals surface area contributed by atoms with Crippen LogP contribution in [-0.2, 0) is 0 Å². The van der Waals surface area contributed by atoms with Gasteiger partial charge in [-0.2, -0.15) is 0 Å². The summed E-state index contributed by atoms with van der Waals surface area (Å²) in [5.74, 6) is 0. The quantitative estimate of drug-likeness (QED) is 0.175. The number of fused-ring (bicyclic) bond motifs is 12. The second-order valence-electron chi connectivity index (χ2n) is 8.88. The molecule has 1 aliphatic rings. The minimum atomic E-state index is 1.32. The van der Waals surface area contributed by atoms with Gasteiger partial charge in [0.2, 0.25) is 0 Å². The maximum atomic E-state index is 2.42. The average Bonchev–Trinajstić information content (AvgIpc) is 3.20. The van der Waals surface area contributed by atoms with Crippen LogP contribution >= 0.6 is 0 Å². The molecule has 7 aromatic rings. The first-order chi connectivity index (χ1) is 15.9. The van der Waals surface area contributed by atoms with E-state index in [1.165, 1.54) is 76.1 Å². The largest absolute Gasteiger partial charge is 0.0616 e. The van der Waals surface area contributed by atoms with E-state index >= 15 is 0 Å². The molecule has 0 atom stereocenters. The van der Waals surface area contributed by atoms with Gasteiger partial charge in [-0.3, -0.25) is 0 Å². The minimum absolute atomic E-state index is 1.32. The number of rotatable bonds is 0. The van der Waals surface area contributed by atoms with E-state index in [1.807, 2.05) is 0 Å². The third-order valence-electron chi connectivity index (χ3n) is 7.35. The van der Waals surface area contributed by atoms with E-state index in [9.17, 15) is 0 Å². The number of hydrogen-bond acceptors (Lipinski definition) is 0. The van der Waals surface area contributed by atoms with Gasteiger partial charge in [-0.15, -0.1) is 0 Å². The van der Waals surface area contributed by atoms with Crippen molar-refractivity contribution in [1.82, 2.24) is 0 Å². The molecule has 0 aromatic heterocycles. The summed E-state index contributed by atoms with van der Waals surface area (Å²) in [6.07, 6.45) is 0. The van der Waals surface area contributed by atoms with Crippen molar-refractivity contribution in [2.24, 2.45) is 0 Å². The first-order valence-electron chi connectivity index (χ1n) is 11.2. The lowest BCUT2D eigenvalue weighted by Gasteiger charge is -2.15. The lowest BCUT2D eigenvalue weighted by atomic mass is 9.88. The van der Waals surface area contributed by atoms with Crippen molar-refractivity contribution in [2.45, 2.75) is 0 Å². The Hall–Kier alpha value is -4.16. The normalized spacial score (nSPS) is 12.4. The molecule has 0 fully saturated rings. The highest BCUT2D eigenvalue weighted by Gasteiger charge is 2.24. The molecule has 0 N–H and O–H groups in total. The van der Waals surface area contributed by atoms with Crippen LogP contribution in [0.5, 0.6) is 0 Å². The van der Waals surface area contributed by atoms with Gasteiger partial charge in [-0.1, -0.05) is 103 Å². The van der Waals surface area contributed by atoms with E-state index in [0.29, 0.717) is 0 Å². The average molecular weight is 402 g/mol. The molecule has 0 amide bonds. The SMILES string of the molecule is c1ccc2c(c1)-c1cccc3cc4c(ccc5c6ccccc6c6ccccc6c45)c-2c13. The molecule has 0 heterocycles. The van der Waals surface area contributed by atoms with Crippen LogP contribution in [0.25, 0.3) is 76.1 Å². The maximum absolute atomic E-state index is 2.42. The lowest BCUT2D eigenvalue weighted by Crippen LogP contribution is -1.87. The van der Waals surface area contributed by atoms with Gasteiger partial charge in [0.1, 0.15) is 0 Å². The molecule has 7 aromatic carbocycles. The van der Waals surface area contributed by atoms with Gasteiger partial charge in [-0.25, -0.2) is 0 Å². The molecular formula is C32H18. The fourth-order valence-electron chi connectivity index (χ4n) is 6.09. The first-order valence-corrected chi connectivity index (χ1v) is 11.2. The molecule has 0 saturated heterocycles. The van der Waals surface area contributed by atoms with Crippen molar-refractivity contribution in [1.29, 1.82) is 0 Å². The summed E-state index contributed by atoms with van der Waals surface area (Å²) in [5.41, 5.74) is 5.46. The molecule has 0 heteroatoms. The summed E-state index contributed by atoms with van der Waals surface area (Å²) in [6.45, 7) is 0. The Bertz CT molecular complexity index is 1890. The molecule has 32 heavy (non-hydrogen) atoms. The Labute approximate surface area is 185 Å². The Morgan fingerprint density at radius 1 is 0.312 bits per heavy atom. The van der Waals surface area contributed by atoms with Crippen molar-refractivity contribution in [3.63, 3.8) is 0 Å². The van der Waals surface area contributed by atoms with Gasteiger partial charge >= 0.3 is 0 Å². The summed E-state index contributed by atoms with van der Waals surface area (Å²) in [6, 6.07) is 40.4. The monoisotopic (exact) mass is 402 g/mol. The summed E-state index contributed by atoms with van der Waals surface area (Å²) in [7, 11) is 0.